The zero-order chi connectivity index (χ0) is 7.11. The van der Waals surface area contributed by atoms with E-state index in [-0.39, 0.29) is 0 Å². The van der Waals surface area contributed by atoms with Crippen LogP contribution in [0.5, 0.6) is 0 Å². The number of pyridine rings is 1. The Labute approximate surface area is 56.8 Å². The smallest absolute Gasteiger partial charge is 0.0297 e. The summed E-state index contributed by atoms with van der Waals surface area (Å²) in [6.45, 7) is 6.02. The quantitative estimate of drug-likeness (QED) is 0.516. The highest BCUT2D eigenvalue weighted by molar-refractivity contribution is 5.04. The van der Waals surface area contributed by atoms with Crippen molar-refractivity contribution in [3.8, 4) is 0 Å². The summed E-state index contributed by atoms with van der Waals surface area (Å²) in [5.41, 5.74) is 1.21. The molecule has 1 heterocycles. The van der Waals surface area contributed by atoms with Crippen LogP contribution in [0, 0.1) is 6.92 Å². The van der Waals surface area contributed by atoms with Crippen LogP contribution in [0.1, 0.15) is 19.4 Å². The Hall–Kier alpha value is -0.850. The van der Waals surface area contributed by atoms with Crippen molar-refractivity contribution in [2.45, 2.75) is 20.8 Å². The molecule has 50 valence electrons. The molecule has 1 heteroatoms. The number of hydrogen-bond donors (Lipinski definition) is 0. The third kappa shape index (κ3) is 3.71. The van der Waals surface area contributed by atoms with Crippen LogP contribution < -0.4 is 0 Å². The third-order valence-corrected chi connectivity index (χ3v) is 0.809. The van der Waals surface area contributed by atoms with Gasteiger partial charge in [-0.2, -0.15) is 0 Å². The molecule has 1 aromatic heterocycles. The number of nitrogens with zero attached hydrogens (tertiary/aromatic N) is 1. The van der Waals surface area contributed by atoms with Gasteiger partial charge in [0.15, 0.2) is 0 Å². The minimum atomic E-state index is 1.21. The second kappa shape index (κ2) is 5.29. The van der Waals surface area contributed by atoms with E-state index < -0.39 is 0 Å². The van der Waals surface area contributed by atoms with Crippen molar-refractivity contribution >= 4 is 0 Å². The first-order valence-corrected chi connectivity index (χ1v) is 3.26. The Morgan fingerprint density at radius 1 is 1.33 bits per heavy atom. The van der Waals surface area contributed by atoms with Gasteiger partial charge in [-0.15, -0.1) is 0 Å². The molecule has 1 aromatic rings. The Balaban J connectivity index is 0.000000291. The highest BCUT2D eigenvalue weighted by Gasteiger charge is 1.73. The predicted octanol–water partition coefficient (Wildman–Crippen LogP) is 2.42. The molecule has 0 bridgehead atoms. The molecule has 9 heavy (non-hydrogen) atoms. The van der Waals surface area contributed by atoms with Gasteiger partial charge in [0.05, 0.1) is 0 Å². The average Bonchev–Trinajstić information content (AvgIpc) is 1.94. The molecule has 0 aliphatic rings. The van der Waals surface area contributed by atoms with E-state index in [1.54, 1.807) is 6.20 Å². The zero-order valence-electron chi connectivity index (χ0n) is 6.26. The summed E-state index contributed by atoms with van der Waals surface area (Å²) >= 11 is 0. The monoisotopic (exact) mass is 123 g/mol. The molecule has 0 saturated heterocycles. The van der Waals surface area contributed by atoms with Gasteiger partial charge in [-0.1, -0.05) is 19.9 Å². The molecular weight excluding hydrogens is 110 g/mol. The molecule has 0 fully saturated rings. The number of rotatable bonds is 0. The Bertz CT molecular complexity index is 134. The lowest BCUT2D eigenvalue weighted by Gasteiger charge is -1.82. The fourth-order valence-corrected chi connectivity index (χ4v) is 0.448. The molecule has 1 rings (SSSR count). The summed E-state index contributed by atoms with van der Waals surface area (Å²) < 4.78 is 0. The van der Waals surface area contributed by atoms with Gasteiger partial charge >= 0.3 is 0 Å². The first-order chi connectivity index (χ1) is 4.39. The molecule has 0 atom stereocenters. The summed E-state index contributed by atoms with van der Waals surface area (Å²) in [7, 11) is 0. The van der Waals surface area contributed by atoms with Crippen LogP contribution in [0.4, 0.5) is 0 Å². The van der Waals surface area contributed by atoms with E-state index >= 15 is 0 Å². The molecule has 1 nitrogen and oxygen atoms in total. The van der Waals surface area contributed by atoms with Gasteiger partial charge in [0.2, 0.25) is 0 Å². The van der Waals surface area contributed by atoms with E-state index in [0.717, 1.165) is 0 Å². The first kappa shape index (κ1) is 8.15. The molecule has 0 radical (unpaired) electrons. The number of hydrogen-bond acceptors (Lipinski definition) is 1. The van der Waals surface area contributed by atoms with Crippen molar-refractivity contribution in [2.24, 2.45) is 0 Å². The van der Waals surface area contributed by atoms with Crippen LogP contribution >= 0.6 is 0 Å². The van der Waals surface area contributed by atoms with E-state index in [0.29, 0.717) is 0 Å². The SMILES string of the molecule is CC.Cc1cccnc1. The zero-order valence-corrected chi connectivity index (χ0v) is 6.26. The van der Waals surface area contributed by atoms with Crippen LogP contribution in [0.25, 0.3) is 0 Å². The minimum Gasteiger partial charge on any atom is -0.264 e. The van der Waals surface area contributed by atoms with E-state index in [4.69, 9.17) is 0 Å². The van der Waals surface area contributed by atoms with Crippen molar-refractivity contribution in [3.63, 3.8) is 0 Å². The highest BCUT2D eigenvalue weighted by atomic mass is 14.6. The largest absolute Gasteiger partial charge is 0.264 e. The van der Waals surface area contributed by atoms with Gasteiger partial charge in [-0.05, 0) is 18.6 Å². The molecule has 0 saturated carbocycles. The lowest BCUT2D eigenvalue weighted by atomic mass is 10.3. The predicted molar refractivity (Wildman–Crippen MR) is 40.3 cm³/mol. The molecule has 0 aliphatic carbocycles. The molecule has 0 aromatic carbocycles. The van der Waals surface area contributed by atoms with E-state index in [9.17, 15) is 0 Å². The normalized spacial score (nSPS) is 7.44. The van der Waals surface area contributed by atoms with Gasteiger partial charge in [0.1, 0.15) is 0 Å². The van der Waals surface area contributed by atoms with E-state index in [1.807, 2.05) is 39.1 Å². The lowest BCUT2D eigenvalue weighted by Crippen LogP contribution is -1.69. The lowest BCUT2D eigenvalue weighted by molar-refractivity contribution is 1.27. The maximum atomic E-state index is 3.88. The molecule has 0 spiro atoms. The van der Waals surface area contributed by atoms with E-state index in [2.05, 4.69) is 4.98 Å². The molecular formula is C8H13N. The van der Waals surface area contributed by atoms with Crippen molar-refractivity contribution in [2.75, 3.05) is 0 Å². The van der Waals surface area contributed by atoms with Gasteiger partial charge in [0.25, 0.3) is 0 Å². The Morgan fingerprint density at radius 3 is 2.22 bits per heavy atom. The van der Waals surface area contributed by atoms with Crippen LogP contribution in [0.3, 0.4) is 0 Å². The average molecular weight is 123 g/mol. The molecule has 0 aliphatic heterocycles. The van der Waals surface area contributed by atoms with Gasteiger partial charge in [-0.3, -0.25) is 4.98 Å². The summed E-state index contributed by atoms with van der Waals surface area (Å²) in [4.78, 5) is 3.88. The van der Waals surface area contributed by atoms with Crippen molar-refractivity contribution in [3.05, 3.63) is 30.1 Å². The Morgan fingerprint density at radius 2 is 2.00 bits per heavy atom. The van der Waals surface area contributed by atoms with Crippen molar-refractivity contribution < 1.29 is 0 Å². The summed E-state index contributed by atoms with van der Waals surface area (Å²) in [6.07, 6.45) is 3.60. The first-order valence-electron chi connectivity index (χ1n) is 3.26. The van der Waals surface area contributed by atoms with Gasteiger partial charge < -0.3 is 0 Å². The standard InChI is InChI=1S/C6H7N.C2H6/c1-6-3-2-4-7-5-6;1-2/h2-5H,1H3;1-2H3. The molecule has 0 unspecified atom stereocenters. The summed E-state index contributed by atoms with van der Waals surface area (Å²) in [5.74, 6) is 0. The summed E-state index contributed by atoms with van der Waals surface area (Å²) in [5, 5.41) is 0. The van der Waals surface area contributed by atoms with Crippen molar-refractivity contribution in [1.29, 1.82) is 0 Å². The highest BCUT2D eigenvalue weighted by Crippen LogP contribution is 1.88. The second-order valence-electron chi connectivity index (χ2n) is 1.53. The van der Waals surface area contributed by atoms with Crippen LogP contribution in [-0.4, -0.2) is 4.98 Å². The third-order valence-electron chi connectivity index (χ3n) is 0.809. The van der Waals surface area contributed by atoms with Crippen LogP contribution in [0.2, 0.25) is 0 Å². The van der Waals surface area contributed by atoms with Crippen molar-refractivity contribution in [1.82, 2.24) is 4.98 Å². The maximum absolute atomic E-state index is 3.88. The molecule has 0 N–H and O–H groups in total. The number of aryl methyl sites for hydroxylation is 1. The maximum Gasteiger partial charge on any atom is 0.0297 e. The fraction of sp³-hybridized carbons (Fsp3) is 0.375. The Kier molecular flexibility index (Phi) is 4.79. The molecule has 0 amide bonds. The summed E-state index contributed by atoms with van der Waals surface area (Å²) in [6, 6.07) is 3.95. The topological polar surface area (TPSA) is 12.9 Å². The van der Waals surface area contributed by atoms with Crippen LogP contribution in [-0.2, 0) is 0 Å². The fourth-order valence-electron chi connectivity index (χ4n) is 0.448. The van der Waals surface area contributed by atoms with Crippen LogP contribution in [0.15, 0.2) is 24.5 Å². The number of aromatic nitrogens is 1. The second-order valence-corrected chi connectivity index (χ2v) is 1.53. The van der Waals surface area contributed by atoms with Gasteiger partial charge in [0, 0.05) is 12.4 Å². The van der Waals surface area contributed by atoms with Gasteiger partial charge in [-0.25, -0.2) is 0 Å². The van der Waals surface area contributed by atoms with E-state index in [1.165, 1.54) is 5.56 Å². The minimum absolute atomic E-state index is 1.21.